The quantitative estimate of drug-likeness (QED) is 0.880. The molecule has 118 valence electrons. The number of halogens is 3. The zero-order valence-electron chi connectivity index (χ0n) is 11.5. The first-order valence-corrected chi connectivity index (χ1v) is 7.63. The van der Waals surface area contributed by atoms with Crippen LogP contribution in [-0.2, 0) is 6.18 Å². The van der Waals surface area contributed by atoms with E-state index in [4.69, 9.17) is 0 Å². The molecule has 1 aliphatic carbocycles. The molecule has 2 aromatic rings. The van der Waals surface area contributed by atoms with Crippen molar-refractivity contribution in [2.45, 2.75) is 31.0 Å². The third-order valence-corrected chi connectivity index (χ3v) is 4.12. The number of nitrogens with one attached hydrogen (secondary N) is 1. The molecule has 0 spiro atoms. The number of hydrogen-bond donors (Lipinski definition) is 2. The van der Waals surface area contributed by atoms with Crippen molar-refractivity contribution in [3.8, 4) is 0 Å². The lowest BCUT2D eigenvalue weighted by molar-refractivity contribution is -0.137. The van der Waals surface area contributed by atoms with Crippen LogP contribution in [-0.4, -0.2) is 21.0 Å². The SMILES string of the molecule is OC(CNc1nc(C2CC2)ns1)c1cccc(C(F)(F)F)c1. The summed E-state index contributed by atoms with van der Waals surface area (Å²) >= 11 is 1.20. The van der Waals surface area contributed by atoms with Crippen molar-refractivity contribution in [2.75, 3.05) is 11.9 Å². The minimum atomic E-state index is -4.42. The van der Waals surface area contributed by atoms with Crippen molar-refractivity contribution in [3.05, 3.63) is 41.2 Å². The number of aliphatic hydroxyl groups excluding tert-OH is 1. The maximum atomic E-state index is 12.7. The number of rotatable bonds is 5. The molecule has 1 aliphatic rings. The van der Waals surface area contributed by atoms with Crippen LogP contribution < -0.4 is 5.32 Å². The second-order valence-corrected chi connectivity index (χ2v) is 6.00. The summed E-state index contributed by atoms with van der Waals surface area (Å²) in [5.74, 6) is 1.25. The van der Waals surface area contributed by atoms with Crippen molar-refractivity contribution >= 4 is 16.7 Å². The summed E-state index contributed by atoms with van der Waals surface area (Å²) in [4.78, 5) is 4.30. The second kappa shape index (κ2) is 5.85. The standard InChI is InChI=1S/C14H14F3N3OS/c15-14(16,17)10-3-1-2-9(6-10)11(21)7-18-13-19-12(20-22-13)8-4-5-8/h1-3,6,8,11,21H,4-5,7H2,(H,18,19,20). The fourth-order valence-corrected chi connectivity index (χ4v) is 2.69. The topological polar surface area (TPSA) is 58.0 Å². The van der Waals surface area contributed by atoms with E-state index >= 15 is 0 Å². The summed E-state index contributed by atoms with van der Waals surface area (Å²) in [7, 11) is 0. The molecule has 1 unspecified atom stereocenters. The maximum Gasteiger partial charge on any atom is 0.416 e. The molecule has 0 amide bonds. The molecule has 1 heterocycles. The van der Waals surface area contributed by atoms with Crippen LogP contribution >= 0.6 is 11.5 Å². The lowest BCUT2D eigenvalue weighted by Crippen LogP contribution is -2.13. The number of hydrogen-bond acceptors (Lipinski definition) is 5. The predicted molar refractivity (Wildman–Crippen MR) is 76.8 cm³/mol. The summed E-state index contributed by atoms with van der Waals surface area (Å²) in [5, 5.41) is 13.5. The van der Waals surface area contributed by atoms with E-state index in [9.17, 15) is 18.3 Å². The van der Waals surface area contributed by atoms with Crippen molar-refractivity contribution in [2.24, 2.45) is 0 Å². The van der Waals surface area contributed by atoms with Gasteiger partial charge in [-0.25, -0.2) is 4.98 Å². The monoisotopic (exact) mass is 329 g/mol. The van der Waals surface area contributed by atoms with Crippen molar-refractivity contribution in [3.63, 3.8) is 0 Å². The summed E-state index contributed by atoms with van der Waals surface area (Å²) in [5.41, 5.74) is -0.551. The van der Waals surface area contributed by atoms with E-state index in [1.807, 2.05) is 0 Å². The van der Waals surface area contributed by atoms with Crippen LogP contribution in [0.25, 0.3) is 0 Å². The number of aromatic nitrogens is 2. The van der Waals surface area contributed by atoms with Crippen molar-refractivity contribution in [1.29, 1.82) is 0 Å². The van der Waals surface area contributed by atoms with Gasteiger partial charge in [-0.1, -0.05) is 12.1 Å². The number of benzene rings is 1. The van der Waals surface area contributed by atoms with Gasteiger partial charge >= 0.3 is 6.18 Å². The average molecular weight is 329 g/mol. The summed E-state index contributed by atoms with van der Waals surface area (Å²) < 4.78 is 42.2. The maximum absolute atomic E-state index is 12.7. The van der Waals surface area contributed by atoms with Crippen molar-refractivity contribution < 1.29 is 18.3 Å². The van der Waals surface area contributed by atoms with Gasteiger partial charge in [0.2, 0.25) is 5.13 Å². The van der Waals surface area contributed by atoms with E-state index in [2.05, 4.69) is 14.7 Å². The highest BCUT2D eigenvalue weighted by Crippen LogP contribution is 2.39. The molecule has 8 heteroatoms. The first kappa shape index (κ1) is 15.2. The van der Waals surface area contributed by atoms with Crippen LogP contribution in [0.4, 0.5) is 18.3 Å². The highest BCUT2D eigenvalue weighted by atomic mass is 32.1. The van der Waals surface area contributed by atoms with Crippen LogP contribution in [0.2, 0.25) is 0 Å². The fourth-order valence-electron chi connectivity index (χ4n) is 2.04. The van der Waals surface area contributed by atoms with Crippen LogP contribution in [0.15, 0.2) is 24.3 Å². The first-order chi connectivity index (χ1) is 10.4. The minimum Gasteiger partial charge on any atom is -0.387 e. The molecular formula is C14H14F3N3OS. The van der Waals surface area contributed by atoms with Gasteiger partial charge in [-0.2, -0.15) is 17.5 Å². The normalized spacial score (nSPS) is 16.5. The molecule has 0 aliphatic heterocycles. The lowest BCUT2D eigenvalue weighted by atomic mass is 10.1. The lowest BCUT2D eigenvalue weighted by Gasteiger charge is -2.14. The number of anilines is 1. The molecule has 1 atom stereocenters. The molecule has 0 saturated heterocycles. The summed E-state index contributed by atoms with van der Waals surface area (Å²) in [6.45, 7) is 0.0839. The van der Waals surface area contributed by atoms with E-state index < -0.39 is 17.8 Å². The minimum absolute atomic E-state index is 0.0839. The van der Waals surface area contributed by atoms with Crippen LogP contribution in [0.5, 0.6) is 0 Å². The molecule has 2 N–H and O–H groups in total. The highest BCUT2D eigenvalue weighted by Gasteiger charge is 2.31. The molecule has 22 heavy (non-hydrogen) atoms. The molecule has 1 aromatic carbocycles. The largest absolute Gasteiger partial charge is 0.416 e. The van der Waals surface area contributed by atoms with E-state index in [1.165, 1.54) is 23.7 Å². The van der Waals surface area contributed by atoms with Gasteiger partial charge in [0.15, 0.2) is 0 Å². The van der Waals surface area contributed by atoms with E-state index in [-0.39, 0.29) is 12.1 Å². The van der Waals surface area contributed by atoms with E-state index in [0.29, 0.717) is 11.0 Å². The summed E-state index contributed by atoms with van der Waals surface area (Å²) in [6.07, 6.45) is -3.26. The molecule has 0 bridgehead atoms. The zero-order valence-corrected chi connectivity index (χ0v) is 12.3. The Hall–Kier alpha value is -1.67. The Bertz CT molecular complexity index is 655. The molecule has 0 radical (unpaired) electrons. The molecule has 3 rings (SSSR count). The third-order valence-electron chi connectivity index (χ3n) is 3.43. The van der Waals surface area contributed by atoms with Crippen LogP contribution in [0, 0.1) is 0 Å². The molecule has 4 nitrogen and oxygen atoms in total. The van der Waals surface area contributed by atoms with Crippen LogP contribution in [0.3, 0.4) is 0 Å². The van der Waals surface area contributed by atoms with Gasteiger partial charge in [-0.3, -0.25) is 0 Å². The molecule has 1 aromatic heterocycles. The Balaban J connectivity index is 1.62. The third kappa shape index (κ3) is 3.56. The number of nitrogens with zero attached hydrogens (tertiary/aromatic N) is 2. The van der Waals surface area contributed by atoms with Gasteiger partial charge in [0.1, 0.15) is 5.82 Å². The van der Waals surface area contributed by atoms with Gasteiger partial charge in [-0.05, 0) is 30.5 Å². The van der Waals surface area contributed by atoms with Gasteiger partial charge in [0.05, 0.1) is 11.7 Å². The molecular weight excluding hydrogens is 315 g/mol. The van der Waals surface area contributed by atoms with Crippen molar-refractivity contribution in [1.82, 2.24) is 9.36 Å². The predicted octanol–water partition coefficient (Wildman–Crippen LogP) is 3.58. The smallest absolute Gasteiger partial charge is 0.387 e. The Morgan fingerprint density at radius 1 is 1.36 bits per heavy atom. The van der Waals surface area contributed by atoms with E-state index in [0.717, 1.165) is 30.8 Å². The second-order valence-electron chi connectivity index (χ2n) is 5.25. The van der Waals surface area contributed by atoms with E-state index in [1.54, 1.807) is 0 Å². The first-order valence-electron chi connectivity index (χ1n) is 6.86. The average Bonchev–Trinajstić information content (AvgIpc) is 3.23. The summed E-state index contributed by atoms with van der Waals surface area (Å²) in [6, 6.07) is 4.70. The van der Waals surface area contributed by atoms with Gasteiger partial charge in [-0.15, -0.1) is 0 Å². The Kier molecular flexibility index (Phi) is 4.05. The Labute approximate surface area is 129 Å². The number of alkyl halides is 3. The number of aliphatic hydroxyl groups is 1. The Morgan fingerprint density at radius 2 is 2.14 bits per heavy atom. The van der Waals surface area contributed by atoms with Gasteiger partial charge in [0, 0.05) is 24.0 Å². The van der Waals surface area contributed by atoms with Crippen LogP contribution in [0.1, 0.15) is 41.8 Å². The zero-order chi connectivity index (χ0) is 15.7. The Morgan fingerprint density at radius 3 is 2.82 bits per heavy atom. The van der Waals surface area contributed by atoms with Gasteiger partial charge in [0.25, 0.3) is 0 Å². The fraction of sp³-hybridized carbons (Fsp3) is 0.429. The molecule has 1 fully saturated rings. The molecule has 1 saturated carbocycles. The van der Waals surface area contributed by atoms with Gasteiger partial charge < -0.3 is 10.4 Å². The highest BCUT2D eigenvalue weighted by molar-refractivity contribution is 7.09.